The van der Waals surface area contributed by atoms with Crippen LogP contribution < -0.4 is 11.1 Å². The van der Waals surface area contributed by atoms with Gasteiger partial charge in [0, 0.05) is 11.7 Å². The van der Waals surface area contributed by atoms with Crippen LogP contribution in [-0.2, 0) is 9.84 Å². The van der Waals surface area contributed by atoms with E-state index in [9.17, 15) is 8.42 Å². The molecule has 3 rings (SSSR count). The first-order valence-corrected chi connectivity index (χ1v) is 7.47. The summed E-state index contributed by atoms with van der Waals surface area (Å²) in [6, 6.07) is 5.42. The van der Waals surface area contributed by atoms with Gasteiger partial charge in [-0.2, -0.15) is 4.98 Å². The second kappa shape index (κ2) is 3.88. The molecule has 6 nitrogen and oxygen atoms in total. The number of nitrogen functional groups attached to an aromatic ring is 1. The van der Waals surface area contributed by atoms with Crippen molar-refractivity contribution in [1.29, 1.82) is 0 Å². The van der Waals surface area contributed by atoms with E-state index in [0.29, 0.717) is 29.2 Å². The van der Waals surface area contributed by atoms with Gasteiger partial charge in [0.25, 0.3) is 6.01 Å². The van der Waals surface area contributed by atoms with Crippen LogP contribution in [0, 0.1) is 0 Å². The molecule has 0 radical (unpaired) electrons. The molecule has 0 bridgehead atoms. The molecule has 1 aromatic heterocycles. The lowest BCUT2D eigenvalue weighted by atomic mass is 10.3. The number of anilines is 2. The second-order valence-corrected chi connectivity index (χ2v) is 6.72. The smallest absolute Gasteiger partial charge is 0.295 e. The number of sulfone groups is 1. The molecule has 1 aromatic carbocycles. The van der Waals surface area contributed by atoms with Crippen LogP contribution >= 0.6 is 0 Å². The quantitative estimate of drug-likeness (QED) is 0.788. The minimum absolute atomic E-state index is 0.125. The Morgan fingerprint density at radius 1 is 1.44 bits per heavy atom. The summed E-state index contributed by atoms with van der Waals surface area (Å²) in [5.41, 5.74) is 7.56. The van der Waals surface area contributed by atoms with E-state index in [1.165, 1.54) is 0 Å². The molecule has 0 amide bonds. The molecule has 0 saturated carbocycles. The highest BCUT2D eigenvalue weighted by Crippen LogP contribution is 2.23. The van der Waals surface area contributed by atoms with Gasteiger partial charge < -0.3 is 15.5 Å². The summed E-state index contributed by atoms with van der Waals surface area (Å²) in [6.07, 6.45) is 0.587. The fourth-order valence-corrected chi connectivity index (χ4v) is 3.76. The minimum Gasteiger partial charge on any atom is -0.424 e. The van der Waals surface area contributed by atoms with Crippen LogP contribution in [0.2, 0.25) is 0 Å². The first kappa shape index (κ1) is 11.3. The highest BCUT2D eigenvalue weighted by Gasteiger charge is 2.28. The van der Waals surface area contributed by atoms with Gasteiger partial charge in [0.15, 0.2) is 15.4 Å². The van der Waals surface area contributed by atoms with Crippen LogP contribution in [0.1, 0.15) is 6.42 Å². The Balaban J connectivity index is 1.83. The van der Waals surface area contributed by atoms with Gasteiger partial charge in [0.05, 0.1) is 11.5 Å². The zero-order valence-corrected chi connectivity index (χ0v) is 10.4. The summed E-state index contributed by atoms with van der Waals surface area (Å²) < 4.78 is 28.2. The zero-order chi connectivity index (χ0) is 12.8. The van der Waals surface area contributed by atoms with Crippen LogP contribution in [0.3, 0.4) is 0 Å². The molecule has 1 aliphatic heterocycles. The lowest BCUT2D eigenvalue weighted by Crippen LogP contribution is -2.20. The molecular weight excluding hydrogens is 254 g/mol. The summed E-state index contributed by atoms with van der Waals surface area (Å²) in [6.45, 7) is 0. The van der Waals surface area contributed by atoms with Gasteiger partial charge >= 0.3 is 0 Å². The number of nitrogens with one attached hydrogen (secondary N) is 1. The highest BCUT2D eigenvalue weighted by atomic mass is 32.2. The monoisotopic (exact) mass is 267 g/mol. The van der Waals surface area contributed by atoms with Crippen LogP contribution in [0.5, 0.6) is 0 Å². The number of fused-ring (bicyclic) bond motifs is 1. The summed E-state index contributed by atoms with van der Waals surface area (Å²) in [7, 11) is -2.90. The summed E-state index contributed by atoms with van der Waals surface area (Å²) in [5.74, 6) is 0.353. The maximum absolute atomic E-state index is 11.3. The maximum Gasteiger partial charge on any atom is 0.295 e. The van der Waals surface area contributed by atoms with E-state index >= 15 is 0 Å². The topological polar surface area (TPSA) is 98.2 Å². The van der Waals surface area contributed by atoms with E-state index in [1.807, 2.05) is 0 Å². The minimum atomic E-state index is -2.90. The number of oxazole rings is 1. The van der Waals surface area contributed by atoms with Crippen molar-refractivity contribution in [3.05, 3.63) is 18.2 Å². The molecule has 2 heterocycles. The van der Waals surface area contributed by atoms with Gasteiger partial charge in [-0.1, -0.05) is 0 Å². The number of benzene rings is 1. The van der Waals surface area contributed by atoms with Crippen molar-refractivity contribution < 1.29 is 12.8 Å². The molecule has 1 saturated heterocycles. The second-order valence-electron chi connectivity index (χ2n) is 4.49. The van der Waals surface area contributed by atoms with Gasteiger partial charge in [0.2, 0.25) is 0 Å². The molecule has 96 valence electrons. The van der Waals surface area contributed by atoms with Crippen LogP contribution in [0.15, 0.2) is 22.6 Å². The summed E-state index contributed by atoms with van der Waals surface area (Å²) in [4.78, 5) is 4.23. The van der Waals surface area contributed by atoms with E-state index in [1.54, 1.807) is 18.2 Å². The van der Waals surface area contributed by atoms with Gasteiger partial charge in [-0.3, -0.25) is 0 Å². The molecule has 3 N–H and O–H groups in total. The molecule has 1 fully saturated rings. The largest absolute Gasteiger partial charge is 0.424 e. The molecule has 2 aromatic rings. The third kappa shape index (κ3) is 2.13. The number of nitrogens with two attached hydrogens (primary N) is 1. The molecular formula is C11H13N3O3S. The number of hydrogen-bond donors (Lipinski definition) is 2. The van der Waals surface area contributed by atoms with E-state index in [0.717, 1.165) is 0 Å². The number of aromatic nitrogens is 1. The summed E-state index contributed by atoms with van der Waals surface area (Å²) in [5, 5.41) is 3.01. The Kier molecular flexibility index (Phi) is 2.44. The van der Waals surface area contributed by atoms with Crippen LogP contribution in [-0.4, -0.2) is 30.9 Å². The predicted octanol–water partition coefficient (Wildman–Crippen LogP) is 1.01. The molecule has 18 heavy (non-hydrogen) atoms. The first-order chi connectivity index (χ1) is 8.52. The third-order valence-corrected chi connectivity index (χ3v) is 4.74. The Hall–Kier alpha value is -1.76. The number of rotatable bonds is 2. The molecule has 1 unspecified atom stereocenters. The number of nitrogens with zero attached hydrogens (tertiary/aromatic N) is 1. The highest BCUT2D eigenvalue weighted by molar-refractivity contribution is 7.91. The lowest BCUT2D eigenvalue weighted by molar-refractivity contribution is 0.597. The van der Waals surface area contributed by atoms with Gasteiger partial charge in [-0.05, 0) is 24.6 Å². The number of hydrogen-bond acceptors (Lipinski definition) is 6. The van der Waals surface area contributed by atoms with Gasteiger partial charge in [-0.25, -0.2) is 8.42 Å². The van der Waals surface area contributed by atoms with E-state index in [4.69, 9.17) is 10.2 Å². The van der Waals surface area contributed by atoms with Crippen LogP contribution in [0.4, 0.5) is 11.7 Å². The fraction of sp³-hybridized carbons (Fsp3) is 0.364. The Bertz CT molecular complexity index is 693. The lowest BCUT2D eigenvalue weighted by Gasteiger charge is -2.06. The average Bonchev–Trinajstić information content (AvgIpc) is 2.81. The first-order valence-electron chi connectivity index (χ1n) is 5.65. The fourth-order valence-electron chi connectivity index (χ4n) is 2.09. The Labute approximate surface area is 104 Å². The van der Waals surface area contributed by atoms with Crippen LogP contribution in [0.25, 0.3) is 11.1 Å². The SMILES string of the molecule is Nc1ccc2oc(NC3CCS(=O)(=O)C3)nc2c1. The van der Waals surface area contributed by atoms with E-state index in [2.05, 4.69) is 10.3 Å². The molecule has 7 heteroatoms. The predicted molar refractivity (Wildman–Crippen MR) is 69.1 cm³/mol. The standard InChI is InChI=1S/C11H13N3O3S/c12-7-1-2-10-9(5-7)14-11(17-10)13-8-3-4-18(15,16)6-8/h1-2,5,8H,3-4,6,12H2,(H,13,14). The van der Waals surface area contributed by atoms with Crippen molar-refractivity contribution in [2.24, 2.45) is 0 Å². The molecule has 1 atom stereocenters. The maximum atomic E-state index is 11.3. The van der Waals surface area contributed by atoms with Gasteiger partial charge in [-0.15, -0.1) is 0 Å². The average molecular weight is 267 g/mol. The molecule has 0 aliphatic carbocycles. The van der Waals surface area contributed by atoms with Crippen molar-refractivity contribution in [1.82, 2.24) is 4.98 Å². The van der Waals surface area contributed by atoms with Crippen molar-refractivity contribution in [3.8, 4) is 0 Å². The third-order valence-electron chi connectivity index (χ3n) is 2.97. The Morgan fingerprint density at radius 2 is 2.28 bits per heavy atom. The Morgan fingerprint density at radius 3 is 3.00 bits per heavy atom. The van der Waals surface area contributed by atoms with Crippen molar-refractivity contribution in [2.75, 3.05) is 22.6 Å². The summed E-state index contributed by atoms with van der Waals surface area (Å²) >= 11 is 0. The normalized spacial score (nSPS) is 22.3. The molecule has 0 spiro atoms. The van der Waals surface area contributed by atoms with Gasteiger partial charge in [0.1, 0.15) is 5.52 Å². The zero-order valence-electron chi connectivity index (χ0n) is 9.59. The van der Waals surface area contributed by atoms with Crippen molar-refractivity contribution in [3.63, 3.8) is 0 Å². The van der Waals surface area contributed by atoms with E-state index < -0.39 is 9.84 Å². The van der Waals surface area contributed by atoms with E-state index in [-0.39, 0.29) is 17.5 Å². The van der Waals surface area contributed by atoms with Crippen molar-refractivity contribution >= 4 is 32.6 Å². The van der Waals surface area contributed by atoms with Crippen molar-refractivity contribution in [2.45, 2.75) is 12.5 Å². The molecule has 1 aliphatic rings.